The molecule has 0 aliphatic heterocycles. The van der Waals surface area contributed by atoms with Crippen LogP contribution < -0.4 is 10.1 Å². The zero-order valence-corrected chi connectivity index (χ0v) is 11.5. The van der Waals surface area contributed by atoms with Gasteiger partial charge in [0.2, 0.25) is 0 Å². The highest BCUT2D eigenvalue weighted by atomic mass is 16.5. The van der Waals surface area contributed by atoms with Crippen molar-refractivity contribution in [2.45, 2.75) is 26.4 Å². The van der Waals surface area contributed by atoms with E-state index in [9.17, 15) is 0 Å². The molecule has 3 heteroatoms. The van der Waals surface area contributed by atoms with E-state index in [1.165, 1.54) is 12.0 Å². The lowest BCUT2D eigenvalue weighted by Crippen LogP contribution is -2.13. The summed E-state index contributed by atoms with van der Waals surface area (Å²) in [4.78, 5) is 0. The predicted octanol–water partition coefficient (Wildman–Crippen LogP) is 3.07. The number of ether oxygens (including phenoxy) is 1. The SMILES string of the molecule is CCCNCc1ccn(CCOc2ccccc2)c1. The molecule has 1 aromatic heterocycles. The Kier molecular flexibility index (Phi) is 5.50. The first-order valence-electron chi connectivity index (χ1n) is 6.91. The maximum absolute atomic E-state index is 5.68. The van der Waals surface area contributed by atoms with Crippen LogP contribution in [0.3, 0.4) is 0 Å². The molecule has 0 aliphatic rings. The molecule has 0 amide bonds. The van der Waals surface area contributed by atoms with Gasteiger partial charge in [-0.1, -0.05) is 25.1 Å². The molecule has 3 nitrogen and oxygen atoms in total. The second kappa shape index (κ2) is 7.64. The molecular formula is C16H22N2O. The number of aromatic nitrogens is 1. The van der Waals surface area contributed by atoms with Crippen LogP contribution in [0.1, 0.15) is 18.9 Å². The van der Waals surface area contributed by atoms with Gasteiger partial charge in [0.25, 0.3) is 0 Å². The van der Waals surface area contributed by atoms with E-state index in [1.54, 1.807) is 0 Å². The van der Waals surface area contributed by atoms with Gasteiger partial charge in [0.1, 0.15) is 12.4 Å². The number of benzene rings is 1. The highest BCUT2D eigenvalue weighted by molar-refractivity contribution is 5.20. The van der Waals surface area contributed by atoms with Crippen molar-refractivity contribution in [3.63, 3.8) is 0 Å². The molecule has 0 saturated heterocycles. The Bertz CT molecular complexity index is 465. The Morgan fingerprint density at radius 1 is 1.16 bits per heavy atom. The summed E-state index contributed by atoms with van der Waals surface area (Å²) in [6.45, 7) is 5.77. The van der Waals surface area contributed by atoms with Crippen LogP contribution in [0.5, 0.6) is 5.75 Å². The van der Waals surface area contributed by atoms with Crippen molar-refractivity contribution in [3.8, 4) is 5.75 Å². The molecule has 0 unspecified atom stereocenters. The summed E-state index contributed by atoms with van der Waals surface area (Å²) in [7, 11) is 0. The molecule has 0 aliphatic carbocycles. The lowest BCUT2D eigenvalue weighted by atomic mass is 10.3. The molecule has 2 rings (SSSR count). The summed E-state index contributed by atoms with van der Waals surface area (Å²) < 4.78 is 7.85. The van der Waals surface area contributed by atoms with Crippen molar-refractivity contribution in [3.05, 3.63) is 54.4 Å². The van der Waals surface area contributed by atoms with Crippen LogP contribution in [0.25, 0.3) is 0 Å². The van der Waals surface area contributed by atoms with Crippen LogP contribution >= 0.6 is 0 Å². The van der Waals surface area contributed by atoms with Gasteiger partial charge in [-0.2, -0.15) is 0 Å². The van der Waals surface area contributed by atoms with Gasteiger partial charge < -0.3 is 14.6 Å². The van der Waals surface area contributed by atoms with E-state index in [-0.39, 0.29) is 0 Å². The number of hydrogen-bond acceptors (Lipinski definition) is 2. The van der Waals surface area contributed by atoms with Crippen LogP contribution in [0.2, 0.25) is 0 Å². The second-order valence-electron chi connectivity index (χ2n) is 4.60. The summed E-state index contributed by atoms with van der Waals surface area (Å²) in [5, 5.41) is 3.40. The van der Waals surface area contributed by atoms with E-state index >= 15 is 0 Å². The fraction of sp³-hybridized carbons (Fsp3) is 0.375. The summed E-state index contributed by atoms with van der Waals surface area (Å²) in [6, 6.07) is 12.1. The van der Waals surface area contributed by atoms with Crippen molar-refractivity contribution in [1.29, 1.82) is 0 Å². The average molecular weight is 258 g/mol. The molecule has 0 fully saturated rings. The second-order valence-corrected chi connectivity index (χ2v) is 4.60. The number of nitrogens with zero attached hydrogens (tertiary/aromatic N) is 1. The maximum Gasteiger partial charge on any atom is 0.119 e. The van der Waals surface area contributed by atoms with E-state index in [0.717, 1.165) is 25.4 Å². The normalized spacial score (nSPS) is 10.6. The summed E-state index contributed by atoms with van der Waals surface area (Å²) in [6.07, 6.45) is 5.46. The van der Waals surface area contributed by atoms with Gasteiger partial charge in [-0.15, -0.1) is 0 Å². The van der Waals surface area contributed by atoms with Gasteiger partial charge in [0.15, 0.2) is 0 Å². The third kappa shape index (κ3) is 4.79. The fourth-order valence-electron chi connectivity index (χ4n) is 1.93. The summed E-state index contributed by atoms with van der Waals surface area (Å²) in [5.74, 6) is 0.930. The summed E-state index contributed by atoms with van der Waals surface area (Å²) in [5.41, 5.74) is 1.33. The van der Waals surface area contributed by atoms with Crippen LogP contribution in [0, 0.1) is 0 Å². The Morgan fingerprint density at radius 3 is 2.79 bits per heavy atom. The third-order valence-corrected chi connectivity index (χ3v) is 2.93. The molecule has 0 bridgehead atoms. The zero-order valence-electron chi connectivity index (χ0n) is 11.5. The molecule has 0 saturated carbocycles. The van der Waals surface area contributed by atoms with Gasteiger partial charge in [0.05, 0.1) is 6.54 Å². The van der Waals surface area contributed by atoms with E-state index < -0.39 is 0 Å². The van der Waals surface area contributed by atoms with E-state index in [0.29, 0.717) is 6.61 Å². The fourth-order valence-corrected chi connectivity index (χ4v) is 1.93. The van der Waals surface area contributed by atoms with Crippen molar-refractivity contribution < 1.29 is 4.74 Å². The minimum atomic E-state index is 0.695. The van der Waals surface area contributed by atoms with Gasteiger partial charge in [-0.25, -0.2) is 0 Å². The number of rotatable bonds is 8. The minimum absolute atomic E-state index is 0.695. The van der Waals surface area contributed by atoms with E-state index in [2.05, 4.69) is 35.3 Å². The number of para-hydroxylation sites is 1. The van der Waals surface area contributed by atoms with E-state index in [4.69, 9.17) is 4.74 Å². The first-order valence-corrected chi connectivity index (χ1v) is 6.91. The van der Waals surface area contributed by atoms with E-state index in [1.807, 2.05) is 30.3 Å². The van der Waals surface area contributed by atoms with Gasteiger partial charge >= 0.3 is 0 Å². The van der Waals surface area contributed by atoms with Crippen molar-refractivity contribution >= 4 is 0 Å². The Balaban J connectivity index is 1.71. The molecule has 0 radical (unpaired) electrons. The smallest absolute Gasteiger partial charge is 0.119 e. The van der Waals surface area contributed by atoms with Crippen molar-refractivity contribution in [1.82, 2.24) is 9.88 Å². The molecule has 1 heterocycles. The number of nitrogens with one attached hydrogen (secondary N) is 1. The first kappa shape index (κ1) is 13.7. The monoisotopic (exact) mass is 258 g/mol. The average Bonchev–Trinajstić information content (AvgIpc) is 2.88. The van der Waals surface area contributed by atoms with Crippen LogP contribution in [0.15, 0.2) is 48.8 Å². The van der Waals surface area contributed by atoms with Crippen molar-refractivity contribution in [2.24, 2.45) is 0 Å². The standard InChI is InChI=1S/C16H22N2O/c1-2-9-17-13-15-8-10-18(14-15)11-12-19-16-6-4-3-5-7-16/h3-8,10,14,17H,2,9,11-13H2,1H3. The van der Waals surface area contributed by atoms with Crippen LogP contribution in [-0.4, -0.2) is 17.7 Å². The van der Waals surface area contributed by atoms with Gasteiger partial charge in [0, 0.05) is 18.9 Å². The highest BCUT2D eigenvalue weighted by Gasteiger charge is 1.97. The molecular weight excluding hydrogens is 236 g/mol. The molecule has 0 atom stereocenters. The topological polar surface area (TPSA) is 26.2 Å². The molecule has 102 valence electrons. The number of hydrogen-bond donors (Lipinski definition) is 1. The first-order chi connectivity index (χ1) is 9.38. The van der Waals surface area contributed by atoms with Gasteiger partial charge in [-0.05, 0) is 36.7 Å². The largest absolute Gasteiger partial charge is 0.492 e. The minimum Gasteiger partial charge on any atom is -0.492 e. The summed E-state index contributed by atoms with van der Waals surface area (Å²) >= 11 is 0. The Labute approximate surface area is 115 Å². The molecule has 1 aromatic carbocycles. The quantitative estimate of drug-likeness (QED) is 0.736. The lowest BCUT2D eigenvalue weighted by Gasteiger charge is -2.06. The molecule has 2 aromatic rings. The Morgan fingerprint density at radius 2 is 2.00 bits per heavy atom. The molecule has 1 N–H and O–H groups in total. The lowest BCUT2D eigenvalue weighted by molar-refractivity contribution is 0.298. The van der Waals surface area contributed by atoms with Crippen LogP contribution in [-0.2, 0) is 13.1 Å². The predicted molar refractivity (Wildman–Crippen MR) is 78.4 cm³/mol. The Hall–Kier alpha value is -1.74. The van der Waals surface area contributed by atoms with Gasteiger partial charge in [-0.3, -0.25) is 0 Å². The maximum atomic E-state index is 5.68. The molecule has 19 heavy (non-hydrogen) atoms. The van der Waals surface area contributed by atoms with Crippen molar-refractivity contribution in [2.75, 3.05) is 13.2 Å². The zero-order chi connectivity index (χ0) is 13.3. The third-order valence-electron chi connectivity index (χ3n) is 2.93. The van der Waals surface area contributed by atoms with Crippen LogP contribution in [0.4, 0.5) is 0 Å². The highest BCUT2D eigenvalue weighted by Crippen LogP contribution is 2.08. The molecule has 0 spiro atoms.